The topological polar surface area (TPSA) is 32.9 Å². The summed E-state index contributed by atoms with van der Waals surface area (Å²) in [4.78, 5) is 13.6. The number of hydrogen-bond donors (Lipinski definition) is 1. The molecule has 1 aromatic heterocycles. The lowest BCUT2D eigenvalue weighted by Crippen LogP contribution is -2.33. The molecule has 0 bridgehead atoms. The van der Waals surface area contributed by atoms with Crippen molar-refractivity contribution in [1.82, 2.24) is 4.98 Å². The summed E-state index contributed by atoms with van der Waals surface area (Å²) in [5, 5.41) is 0. The Morgan fingerprint density at radius 1 is 1.46 bits per heavy atom. The molecule has 0 unspecified atom stereocenters. The van der Waals surface area contributed by atoms with Gasteiger partial charge in [-0.1, -0.05) is 19.9 Å². The standard InChI is InChI=1S/C9H11F2NO/c1-9(2,8(10)11)6-4-3-5-12-7(6)13/h3-5,8H,1-2H3,(H,12,13). The Morgan fingerprint density at radius 2 is 2.08 bits per heavy atom. The first-order chi connectivity index (χ1) is 5.96. The second-order valence-electron chi connectivity index (χ2n) is 3.44. The van der Waals surface area contributed by atoms with Crippen LogP contribution in [0.4, 0.5) is 8.78 Å². The molecule has 0 saturated carbocycles. The zero-order chi connectivity index (χ0) is 10.1. The van der Waals surface area contributed by atoms with Crippen molar-refractivity contribution < 1.29 is 8.78 Å². The highest BCUT2D eigenvalue weighted by Gasteiger charge is 2.33. The number of aromatic nitrogens is 1. The zero-order valence-corrected chi connectivity index (χ0v) is 7.47. The lowest BCUT2D eigenvalue weighted by atomic mass is 9.86. The molecule has 72 valence electrons. The van der Waals surface area contributed by atoms with Gasteiger partial charge in [-0.2, -0.15) is 0 Å². The largest absolute Gasteiger partial charge is 0.329 e. The van der Waals surface area contributed by atoms with Gasteiger partial charge < -0.3 is 4.98 Å². The quantitative estimate of drug-likeness (QED) is 0.753. The molecular formula is C9H11F2NO. The van der Waals surface area contributed by atoms with Crippen molar-refractivity contribution in [2.75, 3.05) is 0 Å². The van der Waals surface area contributed by atoms with Gasteiger partial charge in [0.15, 0.2) is 0 Å². The van der Waals surface area contributed by atoms with Crippen LogP contribution in [0.2, 0.25) is 0 Å². The van der Waals surface area contributed by atoms with Gasteiger partial charge in [-0.3, -0.25) is 4.79 Å². The van der Waals surface area contributed by atoms with Crippen LogP contribution in [0.5, 0.6) is 0 Å². The number of aromatic amines is 1. The lowest BCUT2D eigenvalue weighted by molar-refractivity contribution is 0.0686. The van der Waals surface area contributed by atoms with Crippen molar-refractivity contribution >= 4 is 0 Å². The predicted molar refractivity (Wildman–Crippen MR) is 46.1 cm³/mol. The Hall–Kier alpha value is -1.19. The second-order valence-corrected chi connectivity index (χ2v) is 3.44. The van der Waals surface area contributed by atoms with Crippen LogP contribution in [0.15, 0.2) is 23.1 Å². The van der Waals surface area contributed by atoms with E-state index in [-0.39, 0.29) is 5.56 Å². The minimum atomic E-state index is -2.55. The molecule has 0 aliphatic carbocycles. The third-order valence-electron chi connectivity index (χ3n) is 2.06. The van der Waals surface area contributed by atoms with Gasteiger partial charge in [0.2, 0.25) is 6.43 Å². The minimum absolute atomic E-state index is 0.116. The van der Waals surface area contributed by atoms with Gasteiger partial charge >= 0.3 is 0 Å². The van der Waals surface area contributed by atoms with Gasteiger partial charge in [0.1, 0.15) is 0 Å². The Labute approximate surface area is 74.6 Å². The van der Waals surface area contributed by atoms with E-state index in [0.717, 1.165) is 0 Å². The van der Waals surface area contributed by atoms with E-state index >= 15 is 0 Å². The Balaban J connectivity index is 3.22. The Kier molecular flexibility index (Phi) is 2.50. The molecular weight excluding hydrogens is 176 g/mol. The lowest BCUT2D eigenvalue weighted by Gasteiger charge is -2.22. The molecule has 1 N–H and O–H groups in total. The van der Waals surface area contributed by atoms with E-state index in [0.29, 0.717) is 0 Å². The van der Waals surface area contributed by atoms with E-state index < -0.39 is 17.4 Å². The zero-order valence-electron chi connectivity index (χ0n) is 7.47. The van der Waals surface area contributed by atoms with E-state index in [9.17, 15) is 13.6 Å². The van der Waals surface area contributed by atoms with Gasteiger partial charge in [-0.15, -0.1) is 0 Å². The van der Waals surface area contributed by atoms with Gasteiger partial charge in [0.25, 0.3) is 5.56 Å². The van der Waals surface area contributed by atoms with Crippen molar-refractivity contribution in [2.45, 2.75) is 25.7 Å². The average Bonchev–Trinajstić information content (AvgIpc) is 2.04. The second kappa shape index (κ2) is 3.28. The average molecular weight is 187 g/mol. The van der Waals surface area contributed by atoms with Crippen molar-refractivity contribution in [3.8, 4) is 0 Å². The van der Waals surface area contributed by atoms with Crippen LogP contribution in [0.3, 0.4) is 0 Å². The molecule has 0 saturated heterocycles. The van der Waals surface area contributed by atoms with Crippen LogP contribution in [0.1, 0.15) is 19.4 Å². The maximum atomic E-state index is 12.5. The highest BCUT2D eigenvalue weighted by atomic mass is 19.3. The highest BCUT2D eigenvalue weighted by molar-refractivity contribution is 5.20. The van der Waals surface area contributed by atoms with Crippen LogP contribution < -0.4 is 5.56 Å². The smallest absolute Gasteiger partial charge is 0.251 e. The molecule has 2 nitrogen and oxygen atoms in total. The summed E-state index contributed by atoms with van der Waals surface area (Å²) in [7, 11) is 0. The molecule has 0 spiro atoms. The summed E-state index contributed by atoms with van der Waals surface area (Å²) in [6, 6.07) is 2.96. The van der Waals surface area contributed by atoms with E-state index in [1.165, 1.54) is 26.1 Å². The molecule has 0 aromatic carbocycles. The number of alkyl halides is 2. The highest BCUT2D eigenvalue weighted by Crippen LogP contribution is 2.27. The Bertz CT molecular complexity index is 343. The van der Waals surface area contributed by atoms with Crippen molar-refractivity contribution in [3.63, 3.8) is 0 Å². The third-order valence-corrected chi connectivity index (χ3v) is 2.06. The fraction of sp³-hybridized carbons (Fsp3) is 0.444. The van der Waals surface area contributed by atoms with E-state index in [4.69, 9.17) is 0 Å². The molecule has 0 radical (unpaired) electrons. The molecule has 13 heavy (non-hydrogen) atoms. The molecule has 1 aromatic rings. The van der Waals surface area contributed by atoms with Gasteiger partial charge in [-0.25, -0.2) is 8.78 Å². The van der Waals surface area contributed by atoms with Gasteiger partial charge in [0, 0.05) is 11.8 Å². The molecule has 0 fully saturated rings. The van der Waals surface area contributed by atoms with E-state index in [1.807, 2.05) is 0 Å². The Morgan fingerprint density at radius 3 is 2.54 bits per heavy atom. The summed E-state index contributed by atoms with van der Waals surface area (Å²) < 4.78 is 25.1. The molecule has 4 heteroatoms. The van der Waals surface area contributed by atoms with E-state index in [2.05, 4.69) is 4.98 Å². The molecule has 0 atom stereocenters. The first-order valence-corrected chi connectivity index (χ1v) is 3.92. The molecule has 0 aliphatic rings. The molecule has 1 rings (SSSR count). The number of rotatable bonds is 2. The summed E-state index contributed by atoms with van der Waals surface area (Å²) in [6.45, 7) is 2.70. The molecule has 1 heterocycles. The van der Waals surface area contributed by atoms with Crippen LogP contribution >= 0.6 is 0 Å². The summed E-state index contributed by atoms with van der Waals surface area (Å²) in [5.41, 5.74) is -1.73. The van der Waals surface area contributed by atoms with Crippen LogP contribution in [0.25, 0.3) is 0 Å². The number of halogens is 2. The van der Waals surface area contributed by atoms with Crippen LogP contribution in [-0.4, -0.2) is 11.4 Å². The summed E-state index contributed by atoms with van der Waals surface area (Å²) in [5.74, 6) is 0. The van der Waals surface area contributed by atoms with Gasteiger partial charge in [0.05, 0.1) is 5.41 Å². The first kappa shape index (κ1) is 9.89. The van der Waals surface area contributed by atoms with Gasteiger partial charge in [-0.05, 0) is 6.07 Å². The van der Waals surface area contributed by atoms with E-state index in [1.54, 1.807) is 6.07 Å². The SMILES string of the molecule is CC(C)(c1ccc[nH]c1=O)C(F)F. The fourth-order valence-corrected chi connectivity index (χ4v) is 1.05. The normalized spacial score (nSPS) is 12.1. The maximum Gasteiger partial charge on any atom is 0.251 e. The number of pyridine rings is 1. The number of nitrogens with one attached hydrogen (secondary N) is 1. The van der Waals surface area contributed by atoms with Crippen LogP contribution in [0, 0.1) is 0 Å². The van der Waals surface area contributed by atoms with Crippen molar-refractivity contribution in [3.05, 3.63) is 34.2 Å². The third kappa shape index (κ3) is 1.76. The summed E-state index contributed by atoms with van der Waals surface area (Å²) in [6.07, 6.45) is -1.12. The minimum Gasteiger partial charge on any atom is -0.329 e. The number of H-pyrrole nitrogens is 1. The predicted octanol–water partition coefficient (Wildman–Crippen LogP) is 1.92. The fourth-order valence-electron chi connectivity index (χ4n) is 1.05. The first-order valence-electron chi connectivity index (χ1n) is 3.92. The molecule has 0 aliphatic heterocycles. The number of hydrogen-bond acceptors (Lipinski definition) is 1. The maximum absolute atomic E-state index is 12.5. The van der Waals surface area contributed by atoms with Crippen molar-refractivity contribution in [1.29, 1.82) is 0 Å². The molecule has 0 amide bonds. The van der Waals surface area contributed by atoms with Crippen LogP contribution in [-0.2, 0) is 5.41 Å². The van der Waals surface area contributed by atoms with Crippen molar-refractivity contribution in [2.24, 2.45) is 0 Å². The summed E-state index contributed by atoms with van der Waals surface area (Å²) >= 11 is 0. The monoisotopic (exact) mass is 187 g/mol.